The first-order valence-corrected chi connectivity index (χ1v) is 7.88. The third kappa shape index (κ3) is 5.40. The molecule has 7 nitrogen and oxygen atoms in total. The van der Waals surface area contributed by atoms with E-state index in [4.69, 9.17) is 28.6 Å². The standard InChI is InChI=1S/C16H14ClN3O4S/c1-10-13(3-2-4-14(10)20(22)23)18-16(25)19-15(21)9-24-12-7-5-11(17)6-8-12/h2-8H,9H2,1H3,(H2,18,19,21,25). The molecular formula is C16H14ClN3O4S. The van der Waals surface area contributed by atoms with E-state index in [1.54, 1.807) is 37.3 Å². The van der Waals surface area contributed by atoms with Gasteiger partial charge in [-0.25, -0.2) is 0 Å². The summed E-state index contributed by atoms with van der Waals surface area (Å²) in [5.74, 6) is 0.0310. The monoisotopic (exact) mass is 379 g/mol. The van der Waals surface area contributed by atoms with E-state index in [-0.39, 0.29) is 17.4 Å². The second kappa shape index (κ2) is 8.41. The summed E-state index contributed by atoms with van der Waals surface area (Å²) < 4.78 is 5.30. The van der Waals surface area contributed by atoms with Gasteiger partial charge in [-0.1, -0.05) is 17.7 Å². The fourth-order valence-electron chi connectivity index (χ4n) is 1.95. The number of thiocarbonyl (C=S) groups is 1. The van der Waals surface area contributed by atoms with Gasteiger partial charge in [-0.3, -0.25) is 20.2 Å². The summed E-state index contributed by atoms with van der Waals surface area (Å²) >= 11 is 10.8. The third-order valence-corrected chi connectivity index (χ3v) is 3.64. The van der Waals surface area contributed by atoms with Crippen LogP contribution in [0, 0.1) is 17.0 Å². The number of carbonyl (C=O) groups is 1. The van der Waals surface area contributed by atoms with E-state index in [0.29, 0.717) is 22.0 Å². The van der Waals surface area contributed by atoms with Crippen molar-refractivity contribution in [1.82, 2.24) is 5.32 Å². The fraction of sp³-hybridized carbons (Fsp3) is 0.125. The molecule has 0 fully saturated rings. The third-order valence-electron chi connectivity index (χ3n) is 3.19. The summed E-state index contributed by atoms with van der Waals surface area (Å²) in [4.78, 5) is 22.3. The molecule has 130 valence electrons. The van der Waals surface area contributed by atoms with Crippen molar-refractivity contribution in [2.45, 2.75) is 6.92 Å². The van der Waals surface area contributed by atoms with Crippen LogP contribution < -0.4 is 15.4 Å². The van der Waals surface area contributed by atoms with Gasteiger partial charge >= 0.3 is 0 Å². The molecule has 2 aromatic carbocycles. The van der Waals surface area contributed by atoms with E-state index in [1.165, 1.54) is 12.1 Å². The first-order chi connectivity index (χ1) is 11.9. The number of rotatable bonds is 5. The second-order valence-electron chi connectivity index (χ2n) is 4.95. The van der Waals surface area contributed by atoms with Gasteiger partial charge in [0.15, 0.2) is 11.7 Å². The molecule has 25 heavy (non-hydrogen) atoms. The molecule has 0 aliphatic carbocycles. The van der Waals surface area contributed by atoms with E-state index < -0.39 is 10.8 Å². The van der Waals surface area contributed by atoms with Crippen LogP contribution >= 0.6 is 23.8 Å². The summed E-state index contributed by atoms with van der Waals surface area (Å²) in [6, 6.07) is 11.1. The highest BCUT2D eigenvalue weighted by molar-refractivity contribution is 7.80. The summed E-state index contributed by atoms with van der Waals surface area (Å²) in [6.45, 7) is 1.35. The zero-order valence-corrected chi connectivity index (χ0v) is 14.7. The van der Waals surface area contributed by atoms with Crippen molar-refractivity contribution in [2.75, 3.05) is 11.9 Å². The minimum atomic E-state index is -0.484. The number of nitro benzene ring substituents is 1. The molecule has 2 N–H and O–H groups in total. The van der Waals surface area contributed by atoms with E-state index in [2.05, 4.69) is 10.6 Å². The van der Waals surface area contributed by atoms with Gasteiger partial charge in [-0.2, -0.15) is 0 Å². The Bertz CT molecular complexity index is 812. The van der Waals surface area contributed by atoms with Crippen molar-refractivity contribution in [1.29, 1.82) is 0 Å². The Kier molecular flexibility index (Phi) is 6.26. The number of halogens is 1. The van der Waals surface area contributed by atoms with Crippen LogP contribution in [0.5, 0.6) is 5.75 Å². The van der Waals surface area contributed by atoms with Gasteiger partial charge in [0.05, 0.1) is 16.2 Å². The summed E-state index contributed by atoms with van der Waals surface area (Å²) in [5, 5.41) is 16.7. The molecule has 2 aromatic rings. The molecule has 9 heteroatoms. The van der Waals surface area contributed by atoms with Crippen LogP contribution in [-0.4, -0.2) is 22.5 Å². The quantitative estimate of drug-likeness (QED) is 0.469. The van der Waals surface area contributed by atoms with Gasteiger partial charge in [-0.15, -0.1) is 0 Å². The van der Waals surface area contributed by atoms with Crippen molar-refractivity contribution in [3.8, 4) is 5.75 Å². The molecule has 2 rings (SSSR count). The van der Waals surface area contributed by atoms with Crippen molar-refractivity contribution in [3.63, 3.8) is 0 Å². The van der Waals surface area contributed by atoms with Crippen molar-refractivity contribution in [2.24, 2.45) is 0 Å². The van der Waals surface area contributed by atoms with Crippen LogP contribution in [0.2, 0.25) is 5.02 Å². The molecule has 0 atom stereocenters. The Morgan fingerprint density at radius 2 is 1.96 bits per heavy atom. The van der Waals surface area contributed by atoms with Gasteiger partial charge in [0.2, 0.25) is 0 Å². The smallest absolute Gasteiger partial charge is 0.274 e. The number of carbonyl (C=O) groups excluding carboxylic acids is 1. The Morgan fingerprint density at radius 3 is 2.60 bits per heavy atom. The van der Waals surface area contributed by atoms with E-state index in [0.717, 1.165) is 0 Å². The molecule has 0 aliphatic heterocycles. The molecule has 0 aliphatic rings. The minimum Gasteiger partial charge on any atom is -0.484 e. The zero-order valence-electron chi connectivity index (χ0n) is 13.1. The van der Waals surface area contributed by atoms with Gasteiger partial charge in [-0.05, 0) is 49.5 Å². The lowest BCUT2D eigenvalue weighted by atomic mass is 10.1. The lowest BCUT2D eigenvalue weighted by molar-refractivity contribution is -0.385. The molecule has 1 amide bonds. The van der Waals surface area contributed by atoms with Gasteiger partial charge in [0, 0.05) is 11.1 Å². The van der Waals surface area contributed by atoms with Crippen molar-refractivity contribution >= 4 is 46.2 Å². The predicted octanol–water partition coefficient (Wildman–Crippen LogP) is 3.45. The Balaban J connectivity index is 1.89. The molecular weight excluding hydrogens is 366 g/mol. The Hall–Kier alpha value is -2.71. The molecule has 0 aromatic heterocycles. The number of benzene rings is 2. The number of nitro groups is 1. The number of nitrogens with one attached hydrogen (secondary N) is 2. The van der Waals surface area contributed by atoms with Gasteiger partial charge in [0.25, 0.3) is 11.6 Å². The van der Waals surface area contributed by atoms with Crippen LogP contribution in [0.3, 0.4) is 0 Å². The van der Waals surface area contributed by atoms with Crippen LogP contribution in [-0.2, 0) is 4.79 Å². The van der Waals surface area contributed by atoms with Crippen molar-refractivity contribution < 1.29 is 14.5 Å². The van der Waals surface area contributed by atoms with Crippen LogP contribution in [0.25, 0.3) is 0 Å². The van der Waals surface area contributed by atoms with E-state index >= 15 is 0 Å². The Labute approximate surface area is 154 Å². The highest BCUT2D eigenvalue weighted by Crippen LogP contribution is 2.24. The lowest BCUT2D eigenvalue weighted by Crippen LogP contribution is -2.37. The molecule has 0 radical (unpaired) electrons. The van der Waals surface area contributed by atoms with E-state index in [1.807, 2.05) is 0 Å². The maximum Gasteiger partial charge on any atom is 0.274 e. The van der Waals surface area contributed by atoms with Crippen LogP contribution in [0.15, 0.2) is 42.5 Å². The first-order valence-electron chi connectivity index (χ1n) is 7.10. The summed E-state index contributed by atoms with van der Waals surface area (Å²) in [7, 11) is 0. The van der Waals surface area contributed by atoms with Crippen LogP contribution in [0.1, 0.15) is 5.56 Å². The van der Waals surface area contributed by atoms with Crippen LogP contribution in [0.4, 0.5) is 11.4 Å². The predicted molar refractivity (Wildman–Crippen MR) is 99.1 cm³/mol. The number of hydrogen-bond donors (Lipinski definition) is 2. The van der Waals surface area contributed by atoms with E-state index in [9.17, 15) is 14.9 Å². The average molecular weight is 380 g/mol. The summed E-state index contributed by atoms with van der Waals surface area (Å²) in [6.07, 6.45) is 0. The average Bonchev–Trinajstić information content (AvgIpc) is 2.56. The molecule has 0 bridgehead atoms. The number of amides is 1. The van der Waals surface area contributed by atoms with Crippen molar-refractivity contribution in [3.05, 3.63) is 63.2 Å². The molecule has 0 heterocycles. The molecule has 0 spiro atoms. The van der Waals surface area contributed by atoms with Gasteiger partial charge in [0.1, 0.15) is 5.75 Å². The zero-order chi connectivity index (χ0) is 18.4. The molecule has 0 saturated heterocycles. The largest absolute Gasteiger partial charge is 0.484 e. The number of hydrogen-bond acceptors (Lipinski definition) is 5. The number of anilines is 1. The second-order valence-corrected chi connectivity index (χ2v) is 5.80. The van der Waals surface area contributed by atoms with Gasteiger partial charge < -0.3 is 10.1 Å². The molecule has 0 unspecified atom stereocenters. The number of ether oxygens (including phenoxy) is 1. The highest BCUT2D eigenvalue weighted by atomic mass is 35.5. The maximum atomic E-state index is 11.8. The minimum absolute atomic E-state index is 0.0216. The normalized spacial score (nSPS) is 10.0. The maximum absolute atomic E-state index is 11.8. The number of nitrogens with zero attached hydrogens (tertiary/aromatic N) is 1. The SMILES string of the molecule is Cc1c(NC(=S)NC(=O)COc2ccc(Cl)cc2)cccc1[N+](=O)[O-]. The molecule has 0 saturated carbocycles. The first kappa shape index (κ1) is 18.6. The fourth-order valence-corrected chi connectivity index (χ4v) is 2.30. The topological polar surface area (TPSA) is 93.5 Å². The lowest BCUT2D eigenvalue weighted by Gasteiger charge is -2.12. The highest BCUT2D eigenvalue weighted by Gasteiger charge is 2.14. The Morgan fingerprint density at radius 1 is 1.28 bits per heavy atom. The summed E-state index contributed by atoms with van der Waals surface area (Å²) in [5.41, 5.74) is 0.824.